The van der Waals surface area contributed by atoms with Gasteiger partial charge in [0.1, 0.15) is 11.4 Å². The molecule has 0 unspecified atom stereocenters. The van der Waals surface area contributed by atoms with Crippen molar-refractivity contribution in [1.82, 2.24) is 9.97 Å². The third-order valence-corrected chi connectivity index (χ3v) is 2.77. The van der Waals surface area contributed by atoms with Gasteiger partial charge in [-0.05, 0) is 31.2 Å². The van der Waals surface area contributed by atoms with E-state index >= 15 is 0 Å². The third kappa shape index (κ3) is 2.33. The summed E-state index contributed by atoms with van der Waals surface area (Å²) in [6, 6.07) is 14.3. The quantitative estimate of drug-likeness (QED) is 0.762. The Kier molecular flexibility index (Phi) is 2.76. The maximum Gasteiger partial charge on any atom is 0.202 e. The average molecular weight is 252 g/mol. The number of hydrogen-bond donors (Lipinski definition) is 1. The van der Waals surface area contributed by atoms with Crippen LogP contribution in [0.15, 0.2) is 53.3 Å². The van der Waals surface area contributed by atoms with Crippen molar-refractivity contribution in [3.8, 4) is 11.6 Å². The molecule has 0 saturated carbocycles. The maximum absolute atomic E-state index is 12.0. The molecule has 4 heteroatoms. The van der Waals surface area contributed by atoms with Gasteiger partial charge >= 0.3 is 0 Å². The van der Waals surface area contributed by atoms with Crippen LogP contribution < -0.4 is 10.2 Å². The molecule has 0 bridgehead atoms. The average Bonchev–Trinajstić information content (AvgIpc) is 2.39. The Morgan fingerprint density at radius 2 is 1.89 bits per heavy atom. The summed E-state index contributed by atoms with van der Waals surface area (Å²) in [6.45, 7) is 1.88. The Morgan fingerprint density at radius 1 is 1.11 bits per heavy atom. The normalized spacial score (nSPS) is 10.6. The number of rotatable bonds is 2. The van der Waals surface area contributed by atoms with Crippen molar-refractivity contribution in [2.75, 3.05) is 0 Å². The highest BCUT2D eigenvalue weighted by Crippen LogP contribution is 2.19. The lowest BCUT2D eigenvalue weighted by atomic mass is 10.2. The van der Waals surface area contributed by atoms with E-state index in [4.69, 9.17) is 4.74 Å². The monoisotopic (exact) mass is 252 g/mol. The highest BCUT2D eigenvalue weighted by molar-refractivity contribution is 5.75. The SMILES string of the molecule is Cc1ccc2c(=O)cc(Oc3ccccc3)[nH]c2n1. The number of hydrogen-bond acceptors (Lipinski definition) is 3. The van der Waals surface area contributed by atoms with Crippen molar-refractivity contribution < 1.29 is 4.74 Å². The Bertz CT molecular complexity index is 779. The Morgan fingerprint density at radius 3 is 2.68 bits per heavy atom. The molecule has 0 aliphatic heterocycles. The van der Waals surface area contributed by atoms with Gasteiger partial charge in [0.2, 0.25) is 5.88 Å². The molecule has 94 valence electrons. The van der Waals surface area contributed by atoms with Gasteiger partial charge in [-0.15, -0.1) is 0 Å². The zero-order valence-electron chi connectivity index (χ0n) is 10.4. The lowest BCUT2D eigenvalue weighted by Gasteiger charge is -2.06. The predicted octanol–water partition coefficient (Wildman–Crippen LogP) is 3.02. The number of H-pyrrole nitrogens is 1. The Balaban J connectivity index is 2.08. The summed E-state index contributed by atoms with van der Waals surface area (Å²) in [7, 11) is 0. The van der Waals surface area contributed by atoms with Gasteiger partial charge < -0.3 is 9.72 Å². The van der Waals surface area contributed by atoms with Gasteiger partial charge in [0.25, 0.3) is 0 Å². The Labute approximate surface area is 109 Å². The van der Waals surface area contributed by atoms with Crippen LogP contribution in [0.5, 0.6) is 11.6 Å². The van der Waals surface area contributed by atoms with Gasteiger partial charge in [0.05, 0.1) is 5.39 Å². The second kappa shape index (κ2) is 4.57. The molecule has 4 nitrogen and oxygen atoms in total. The molecule has 0 spiro atoms. The molecule has 0 amide bonds. The zero-order valence-corrected chi connectivity index (χ0v) is 10.4. The number of aromatic amines is 1. The molecule has 1 N–H and O–H groups in total. The van der Waals surface area contributed by atoms with Crippen LogP contribution in [0.3, 0.4) is 0 Å². The highest BCUT2D eigenvalue weighted by Gasteiger charge is 2.05. The molecule has 19 heavy (non-hydrogen) atoms. The molecule has 0 atom stereocenters. The number of nitrogens with one attached hydrogen (secondary N) is 1. The molecule has 3 aromatic rings. The van der Waals surface area contributed by atoms with Crippen LogP contribution in [0.1, 0.15) is 5.69 Å². The number of nitrogens with zero attached hydrogens (tertiary/aromatic N) is 1. The lowest BCUT2D eigenvalue weighted by Crippen LogP contribution is -2.04. The van der Waals surface area contributed by atoms with Crippen molar-refractivity contribution in [3.05, 3.63) is 64.4 Å². The van der Waals surface area contributed by atoms with Gasteiger partial charge in [0.15, 0.2) is 5.43 Å². The molecule has 0 saturated heterocycles. The van der Waals surface area contributed by atoms with Crippen molar-refractivity contribution in [2.24, 2.45) is 0 Å². The number of aromatic nitrogens is 2. The van der Waals surface area contributed by atoms with Gasteiger partial charge in [-0.3, -0.25) is 4.79 Å². The fourth-order valence-electron chi connectivity index (χ4n) is 1.87. The minimum absolute atomic E-state index is 0.104. The van der Waals surface area contributed by atoms with Gasteiger partial charge in [-0.2, -0.15) is 0 Å². The first-order chi connectivity index (χ1) is 9.22. The Hall–Kier alpha value is -2.62. The molecule has 0 aliphatic rings. The molecule has 0 radical (unpaired) electrons. The van der Waals surface area contributed by atoms with Crippen LogP contribution in [0.2, 0.25) is 0 Å². The van der Waals surface area contributed by atoms with Crippen LogP contribution in [0.4, 0.5) is 0 Å². The predicted molar refractivity (Wildman–Crippen MR) is 73.6 cm³/mol. The first-order valence-corrected chi connectivity index (χ1v) is 5.96. The zero-order chi connectivity index (χ0) is 13.2. The number of pyridine rings is 2. The molecule has 0 fully saturated rings. The molecular weight excluding hydrogens is 240 g/mol. The van der Waals surface area contributed by atoms with E-state index in [1.165, 1.54) is 6.07 Å². The largest absolute Gasteiger partial charge is 0.441 e. The first-order valence-electron chi connectivity index (χ1n) is 5.96. The second-order valence-electron chi connectivity index (χ2n) is 4.26. The number of ether oxygens (including phenoxy) is 1. The van der Waals surface area contributed by atoms with Crippen LogP contribution in [-0.4, -0.2) is 9.97 Å². The fourth-order valence-corrected chi connectivity index (χ4v) is 1.87. The molecular formula is C15H12N2O2. The summed E-state index contributed by atoms with van der Waals surface area (Å²) in [5.41, 5.74) is 1.28. The van der Waals surface area contributed by atoms with Crippen molar-refractivity contribution >= 4 is 11.0 Å². The van der Waals surface area contributed by atoms with E-state index in [1.807, 2.05) is 43.3 Å². The van der Waals surface area contributed by atoms with Crippen molar-refractivity contribution in [1.29, 1.82) is 0 Å². The van der Waals surface area contributed by atoms with E-state index in [2.05, 4.69) is 9.97 Å². The topological polar surface area (TPSA) is 55.0 Å². The van der Waals surface area contributed by atoms with E-state index in [0.29, 0.717) is 22.7 Å². The molecule has 3 rings (SSSR count). The second-order valence-corrected chi connectivity index (χ2v) is 4.26. The number of fused-ring (bicyclic) bond motifs is 1. The number of aryl methyl sites for hydroxylation is 1. The number of para-hydroxylation sites is 1. The number of benzene rings is 1. The minimum atomic E-state index is -0.104. The van der Waals surface area contributed by atoms with Crippen LogP contribution >= 0.6 is 0 Å². The van der Waals surface area contributed by atoms with Gasteiger partial charge in [-0.25, -0.2) is 4.98 Å². The van der Waals surface area contributed by atoms with E-state index in [9.17, 15) is 4.79 Å². The lowest BCUT2D eigenvalue weighted by molar-refractivity contribution is 0.464. The summed E-state index contributed by atoms with van der Waals surface area (Å²) in [4.78, 5) is 19.3. The van der Waals surface area contributed by atoms with E-state index < -0.39 is 0 Å². The van der Waals surface area contributed by atoms with Crippen molar-refractivity contribution in [2.45, 2.75) is 6.92 Å². The van der Waals surface area contributed by atoms with Crippen molar-refractivity contribution in [3.63, 3.8) is 0 Å². The van der Waals surface area contributed by atoms with Crippen LogP contribution in [0.25, 0.3) is 11.0 Å². The summed E-state index contributed by atoms with van der Waals surface area (Å²) >= 11 is 0. The van der Waals surface area contributed by atoms with E-state index in [1.54, 1.807) is 6.07 Å². The minimum Gasteiger partial charge on any atom is -0.441 e. The molecule has 2 aromatic heterocycles. The fraction of sp³-hybridized carbons (Fsp3) is 0.0667. The summed E-state index contributed by atoms with van der Waals surface area (Å²) < 4.78 is 5.61. The maximum atomic E-state index is 12.0. The highest BCUT2D eigenvalue weighted by atomic mass is 16.5. The molecule has 0 aliphatic carbocycles. The molecule has 1 aromatic carbocycles. The van der Waals surface area contributed by atoms with Gasteiger partial charge in [-0.1, -0.05) is 18.2 Å². The summed E-state index contributed by atoms with van der Waals surface area (Å²) in [6.07, 6.45) is 0. The summed E-state index contributed by atoms with van der Waals surface area (Å²) in [5.74, 6) is 1.06. The van der Waals surface area contributed by atoms with Gasteiger partial charge in [0, 0.05) is 11.8 Å². The van der Waals surface area contributed by atoms with E-state index in [0.717, 1.165) is 5.69 Å². The first kappa shape index (κ1) is 11.5. The van der Waals surface area contributed by atoms with Crippen LogP contribution in [0, 0.1) is 6.92 Å². The molecule has 2 heterocycles. The summed E-state index contributed by atoms with van der Waals surface area (Å²) in [5, 5.41) is 0.561. The van der Waals surface area contributed by atoms with Crippen LogP contribution in [-0.2, 0) is 0 Å². The van der Waals surface area contributed by atoms with E-state index in [-0.39, 0.29) is 5.43 Å². The standard InChI is InChI=1S/C15H12N2O2/c1-10-7-8-12-13(18)9-14(17-15(12)16-10)19-11-5-3-2-4-6-11/h2-9H,1H3,(H,16,17,18). The smallest absolute Gasteiger partial charge is 0.202 e. The third-order valence-electron chi connectivity index (χ3n) is 2.77.